The fourth-order valence-electron chi connectivity index (χ4n) is 3.08. The van der Waals surface area contributed by atoms with Gasteiger partial charge in [0.25, 0.3) is 5.91 Å². The number of amides is 1. The average Bonchev–Trinajstić information content (AvgIpc) is 3.20. The number of carbonyl (C=O) groups is 1. The van der Waals surface area contributed by atoms with Gasteiger partial charge in [0, 0.05) is 25.1 Å². The lowest BCUT2D eigenvalue weighted by Gasteiger charge is -2.09. The van der Waals surface area contributed by atoms with Crippen molar-refractivity contribution in [2.75, 3.05) is 0 Å². The van der Waals surface area contributed by atoms with Crippen molar-refractivity contribution in [2.24, 2.45) is 0 Å². The quantitative estimate of drug-likeness (QED) is 0.532. The summed E-state index contributed by atoms with van der Waals surface area (Å²) in [6, 6.07) is 13.5. The van der Waals surface area contributed by atoms with Crippen molar-refractivity contribution in [1.82, 2.24) is 14.7 Å². The van der Waals surface area contributed by atoms with Crippen LogP contribution in [0.4, 0.5) is 4.39 Å². The molecule has 0 fully saturated rings. The predicted molar refractivity (Wildman–Crippen MR) is 109 cm³/mol. The van der Waals surface area contributed by atoms with Gasteiger partial charge in [-0.15, -0.1) is 0 Å². The van der Waals surface area contributed by atoms with E-state index in [9.17, 15) is 17.6 Å². The molecule has 2 aromatic carbocycles. The maximum atomic E-state index is 14.1. The standard InChI is InChI=1S/C22H18FN3O3S/c1-15-2-8-20(19(23)12-15)30(28,29)18-6-3-16(4-7-18)13-25-22(27)17-5-9-21-24-10-11-26(21)14-17/h2-12,14H,13H2,1H3,(H,25,27). The third kappa shape index (κ3) is 3.81. The van der Waals surface area contributed by atoms with E-state index < -0.39 is 15.7 Å². The predicted octanol–water partition coefficient (Wildman–Crippen LogP) is 3.54. The minimum atomic E-state index is -3.96. The van der Waals surface area contributed by atoms with Crippen LogP contribution in [0.25, 0.3) is 5.65 Å². The van der Waals surface area contributed by atoms with Crippen LogP contribution in [0, 0.1) is 12.7 Å². The number of aromatic nitrogens is 2. The highest BCUT2D eigenvalue weighted by atomic mass is 32.2. The number of benzene rings is 2. The van der Waals surface area contributed by atoms with Crippen LogP contribution in [0.3, 0.4) is 0 Å². The van der Waals surface area contributed by atoms with Crippen molar-refractivity contribution < 1.29 is 17.6 Å². The lowest BCUT2D eigenvalue weighted by atomic mass is 10.2. The monoisotopic (exact) mass is 423 g/mol. The first-order chi connectivity index (χ1) is 14.3. The van der Waals surface area contributed by atoms with Crippen molar-refractivity contribution >= 4 is 21.4 Å². The molecule has 0 radical (unpaired) electrons. The van der Waals surface area contributed by atoms with Gasteiger partial charge in [0.2, 0.25) is 9.84 Å². The number of halogens is 1. The van der Waals surface area contributed by atoms with Gasteiger partial charge < -0.3 is 9.72 Å². The fourth-order valence-corrected chi connectivity index (χ4v) is 4.39. The topological polar surface area (TPSA) is 80.5 Å². The van der Waals surface area contributed by atoms with E-state index >= 15 is 0 Å². The number of aryl methyl sites for hydroxylation is 1. The van der Waals surface area contributed by atoms with Gasteiger partial charge >= 0.3 is 0 Å². The molecule has 0 aliphatic carbocycles. The summed E-state index contributed by atoms with van der Waals surface area (Å²) in [7, 11) is -3.96. The van der Waals surface area contributed by atoms with E-state index in [1.165, 1.54) is 24.3 Å². The zero-order valence-corrected chi connectivity index (χ0v) is 16.9. The van der Waals surface area contributed by atoms with Crippen LogP contribution in [0.1, 0.15) is 21.5 Å². The Labute approximate surface area is 172 Å². The number of carbonyl (C=O) groups excluding carboxylic acids is 1. The Morgan fingerprint density at radius 3 is 2.60 bits per heavy atom. The number of imidazole rings is 1. The van der Waals surface area contributed by atoms with Crippen LogP contribution < -0.4 is 5.32 Å². The molecule has 0 saturated carbocycles. The first kappa shape index (κ1) is 19.8. The number of hydrogen-bond acceptors (Lipinski definition) is 4. The van der Waals surface area contributed by atoms with Gasteiger partial charge in [-0.3, -0.25) is 4.79 Å². The minimum absolute atomic E-state index is 0.00844. The lowest BCUT2D eigenvalue weighted by Crippen LogP contribution is -2.23. The van der Waals surface area contributed by atoms with Gasteiger partial charge in [-0.1, -0.05) is 18.2 Å². The second kappa shape index (κ2) is 7.72. The summed E-state index contributed by atoms with van der Waals surface area (Å²) < 4.78 is 41.3. The first-order valence-corrected chi connectivity index (χ1v) is 10.6. The molecule has 4 aromatic rings. The number of hydrogen-bond donors (Lipinski definition) is 1. The maximum Gasteiger partial charge on any atom is 0.253 e. The Bertz CT molecular complexity index is 1350. The number of nitrogens with one attached hydrogen (secondary N) is 1. The summed E-state index contributed by atoms with van der Waals surface area (Å²) in [5, 5.41) is 2.80. The number of pyridine rings is 1. The third-order valence-corrected chi connectivity index (χ3v) is 6.52. The Morgan fingerprint density at radius 2 is 1.87 bits per heavy atom. The van der Waals surface area contributed by atoms with Gasteiger partial charge in [-0.05, 0) is 54.4 Å². The molecule has 0 bridgehead atoms. The molecule has 0 aliphatic rings. The van der Waals surface area contributed by atoms with Gasteiger partial charge in [0.1, 0.15) is 16.4 Å². The van der Waals surface area contributed by atoms with Crippen LogP contribution in [0.2, 0.25) is 0 Å². The third-order valence-electron chi connectivity index (χ3n) is 4.71. The van der Waals surface area contributed by atoms with Gasteiger partial charge in [-0.25, -0.2) is 17.8 Å². The molecule has 2 heterocycles. The number of rotatable bonds is 5. The molecule has 0 saturated heterocycles. The molecule has 1 amide bonds. The Morgan fingerprint density at radius 1 is 1.10 bits per heavy atom. The van der Waals surface area contributed by atoms with Gasteiger partial charge in [0.15, 0.2) is 0 Å². The zero-order valence-electron chi connectivity index (χ0n) is 16.0. The van der Waals surface area contributed by atoms with Crippen LogP contribution >= 0.6 is 0 Å². The number of fused-ring (bicyclic) bond motifs is 1. The van der Waals surface area contributed by atoms with Crippen molar-refractivity contribution in [3.63, 3.8) is 0 Å². The molecule has 8 heteroatoms. The summed E-state index contributed by atoms with van der Waals surface area (Å²) in [6.45, 7) is 1.91. The summed E-state index contributed by atoms with van der Waals surface area (Å²) in [6.07, 6.45) is 5.08. The molecule has 2 aromatic heterocycles. The molecule has 4 rings (SSSR count). The van der Waals surface area contributed by atoms with E-state index in [1.807, 2.05) is 0 Å². The van der Waals surface area contributed by atoms with Crippen molar-refractivity contribution in [1.29, 1.82) is 0 Å². The summed E-state index contributed by atoms with van der Waals surface area (Å²) >= 11 is 0. The molecule has 0 unspecified atom stereocenters. The van der Waals surface area contributed by atoms with Gasteiger partial charge in [0.05, 0.1) is 10.5 Å². The molecular formula is C22H18FN3O3S. The second-order valence-corrected chi connectivity index (χ2v) is 8.79. The van der Waals surface area contributed by atoms with Crippen LogP contribution in [0.5, 0.6) is 0 Å². The van der Waals surface area contributed by atoms with Crippen LogP contribution in [-0.4, -0.2) is 23.7 Å². The number of sulfone groups is 1. The molecule has 1 N–H and O–H groups in total. The smallest absolute Gasteiger partial charge is 0.253 e. The van der Waals surface area contributed by atoms with E-state index in [0.717, 1.165) is 11.2 Å². The van der Waals surface area contributed by atoms with E-state index in [-0.39, 0.29) is 22.2 Å². The number of nitrogens with zero attached hydrogens (tertiary/aromatic N) is 2. The maximum absolute atomic E-state index is 14.1. The minimum Gasteiger partial charge on any atom is -0.348 e. The molecule has 30 heavy (non-hydrogen) atoms. The van der Waals surface area contributed by atoms with Crippen molar-refractivity contribution in [2.45, 2.75) is 23.3 Å². The summed E-state index contributed by atoms with van der Waals surface area (Å²) in [5.74, 6) is -1.04. The highest BCUT2D eigenvalue weighted by molar-refractivity contribution is 7.91. The van der Waals surface area contributed by atoms with E-state index in [2.05, 4.69) is 10.3 Å². The zero-order chi connectivity index (χ0) is 21.3. The highest BCUT2D eigenvalue weighted by Gasteiger charge is 2.21. The van der Waals surface area contributed by atoms with E-state index in [4.69, 9.17) is 0 Å². The Hall–Kier alpha value is -3.52. The van der Waals surface area contributed by atoms with Crippen LogP contribution in [0.15, 0.2) is 83.0 Å². The molecule has 0 spiro atoms. The molecule has 0 aliphatic heterocycles. The Kier molecular flexibility index (Phi) is 5.09. The fraction of sp³-hybridized carbons (Fsp3) is 0.0909. The van der Waals surface area contributed by atoms with Crippen molar-refractivity contribution in [3.05, 3.63) is 95.7 Å². The molecule has 152 valence electrons. The second-order valence-electron chi connectivity index (χ2n) is 6.87. The lowest BCUT2D eigenvalue weighted by molar-refractivity contribution is 0.0950. The van der Waals surface area contributed by atoms with E-state index in [0.29, 0.717) is 11.1 Å². The molecule has 0 atom stereocenters. The SMILES string of the molecule is Cc1ccc(S(=O)(=O)c2ccc(CNC(=O)c3ccc4nccn4c3)cc2)c(F)c1. The largest absolute Gasteiger partial charge is 0.348 e. The highest BCUT2D eigenvalue weighted by Crippen LogP contribution is 2.24. The normalized spacial score (nSPS) is 11.5. The summed E-state index contributed by atoms with van der Waals surface area (Å²) in [5.41, 5.74) is 2.59. The first-order valence-electron chi connectivity index (χ1n) is 9.16. The van der Waals surface area contributed by atoms with Crippen molar-refractivity contribution in [3.8, 4) is 0 Å². The average molecular weight is 423 g/mol. The molecular weight excluding hydrogens is 405 g/mol. The summed E-state index contributed by atoms with van der Waals surface area (Å²) in [4.78, 5) is 16.1. The van der Waals surface area contributed by atoms with E-state index in [1.54, 1.807) is 60.2 Å². The van der Waals surface area contributed by atoms with Crippen LogP contribution in [-0.2, 0) is 16.4 Å². The Balaban J connectivity index is 1.47. The molecule has 6 nitrogen and oxygen atoms in total. The van der Waals surface area contributed by atoms with Gasteiger partial charge in [-0.2, -0.15) is 0 Å².